The third kappa shape index (κ3) is 4.10. The van der Waals surface area contributed by atoms with Gasteiger partial charge in [-0.05, 0) is 29.8 Å². The Bertz CT molecular complexity index is 899. The van der Waals surface area contributed by atoms with E-state index in [2.05, 4.69) is 15.6 Å². The summed E-state index contributed by atoms with van der Waals surface area (Å²) in [5.74, 6) is -5.26. The second kappa shape index (κ2) is 7.53. The van der Waals surface area contributed by atoms with Gasteiger partial charge >= 0.3 is 6.18 Å². The highest BCUT2D eigenvalue weighted by molar-refractivity contribution is 6.03. The van der Waals surface area contributed by atoms with Gasteiger partial charge in [-0.25, -0.2) is 0 Å². The average Bonchev–Trinajstić information content (AvgIpc) is 3.02. The van der Waals surface area contributed by atoms with Gasteiger partial charge in [-0.3, -0.25) is 9.59 Å². The zero-order valence-electron chi connectivity index (χ0n) is 14.2. The summed E-state index contributed by atoms with van der Waals surface area (Å²) in [6, 6.07) is 6.24. The fourth-order valence-electron chi connectivity index (χ4n) is 3.02. The van der Waals surface area contributed by atoms with Crippen LogP contribution >= 0.6 is 0 Å². The molecule has 1 fully saturated rings. The van der Waals surface area contributed by atoms with Gasteiger partial charge in [0.25, 0.3) is 0 Å². The van der Waals surface area contributed by atoms with Crippen LogP contribution in [0.25, 0.3) is 0 Å². The standard InChI is InChI=1S/C18H14F5N3O2/c19-13-6-3-10(15(20)26-13)7-24-16(27)14-12(8-25-17(14)28)9-1-4-11(5-2-9)18(21,22)23/h1-6,12,14H,7-8H2,(H,24,27)(H,25,28)/t12-,14-/m0/s1. The number of nitrogens with zero attached hydrogens (tertiary/aromatic N) is 1. The fraction of sp³-hybridized carbons (Fsp3) is 0.278. The van der Waals surface area contributed by atoms with Crippen LogP contribution in [0.3, 0.4) is 0 Å². The highest BCUT2D eigenvalue weighted by atomic mass is 19.4. The van der Waals surface area contributed by atoms with E-state index in [1.54, 1.807) is 0 Å². The van der Waals surface area contributed by atoms with Crippen molar-refractivity contribution in [3.05, 3.63) is 65.0 Å². The van der Waals surface area contributed by atoms with Gasteiger partial charge in [-0.15, -0.1) is 0 Å². The van der Waals surface area contributed by atoms with Gasteiger partial charge in [0.2, 0.25) is 23.7 Å². The molecule has 2 heterocycles. The number of nitrogens with one attached hydrogen (secondary N) is 2. The van der Waals surface area contributed by atoms with E-state index in [1.807, 2.05) is 0 Å². The van der Waals surface area contributed by atoms with E-state index in [1.165, 1.54) is 12.1 Å². The van der Waals surface area contributed by atoms with E-state index in [4.69, 9.17) is 0 Å². The molecule has 2 atom stereocenters. The number of carbonyl (C=O) groups excluding carboxylic acids is 2. The summed E-state index contributed by atoms with van der Waals surface area (Å²) in [4.78, 5) is 27.5. The van der Waals surface area contributed by atoms with Crippen molar-refractivity contribution in [2.24, 2.45) is 5.92 Å². The number of pyridine rings is 1. The van der Waals surface area contributed by atoms with Crippen LogP contribution in [-0.2, 0) is 22.3 Å². The van der Waals surface area contributed by atoms with Crippen molar-refractivity contribution in [1.29, 1.82) is 0 Å². The Kier molecular flexibility index (Phi) is 5.30. The van der Waals surface area contributed by atoms with E-state index in [-0.39, 0.29) is 18.7 Å². The van der Waals surface area contributed by atoms with Gasteiger partial charge in [0, 0.05) is 24.6 Å². The number of amides is 2. The van der Waals surface area contributed by atoms with E-state index in [9.17, 15) is 31.5 Å². The zero-order chi connectivity index (χ0) is 20.5. The molecule has 1 aliphatic heterocycles. The van der Waals surface area contributed by atoms with Crippen molar-refractivity contribution >= 4 is 11.8 Å². The molecular formula is C18H14F5N3O2. The molecule has 3 rings (SSSR count). The molecular weight excluding hydrogens is 385 g/mol. The molecule has 0 aliphatic carbocycles. The number of alkyl halides is 3. The summed E-state index contributed by atoms with van der Waals surface area (Å²) in [5, 5.41) is 4.89. The fourth-order valence-corrected chi connectivity index (χ4v) is 3.02. The molecule has 2 amide bonds. The Morgan fingerprint density at radius 1 is 1.14 bits per heavy atom. The van der Waals surface area contributed by atoms with Gasteiger partial charge in [0.05, 0.1) is 5.56 Å². The Labute approximate surface area is 156 Å². The molecule has 2 aromatic rings. The maximum Gasteiger partial charge on any atom is 0.416 e. The number of hydrogen-bond acceptors (Lipinski definition) is 3. The number of carbonyl (C=O) groups is 2. The summed E-state index contributed by atoms with van der Waals surface area (Å²) >= 11 is 0. The normalized spacial score (nSPS) is 19.4. The molecule has 1 aromatic carbocycles. The predicted molar refractivity (Wildman–Crippen MR) is 86.7 cm³/mol. The monoisotopic (exact) mass is 399 g/mol. The van der Waals surface area contributed by atoms with Crippen molar-refractivity contribution in [3.8, 4) is 0 Å². The number of benzene rings is 1. The number of hydrogen-bond donors (Lipinski definition) is 2. The molecule has 2 N–H and O–H groups in total. The molecule has 0 spiro atoms. The van der Waals surface area contributed by atoms with E-state index in [0.717, 1.165) is 24.3 Å². The topological polar surface area (TPSA) is 71.1 Å². The molecule has 0 saturated carbocycles. The summed E-state index contributed by atoms with van der Waals surface area (Å²) in [5.41, 5.74) is -0.519. The average molecular weight is 399 g/mol. The third-order valence-corrected chi connectivity index (χ3v) is 4.47. The molecule has 1 aromatic heterocycles. The van der Waals surface area contributed by atoms with Gasteiger partial charge in [0.15, 0.2) is 0 Å². The third-order valence-electron chi connectivity index (χ3n) is 4.47. The van der Waals surface area contributed by atoms with Crippen molar-refractivity contribution in [2.45, 2.75) is 18.6 Å². The Balaban J connectivity index is 1.73. The van der Waals surface area contributed by atoms with E-state index in [0.29, 0.717) is 5.56 Å². The highest BCUT2D eigenvalue weighted by Crippen LogP contribution is 2.33. The second-order valence-electron chi connectivity index (χ2n) is 6.25. The van der Waals surface area contributed by atoms with Gasteiger partial charge in [0.1, 0.15) is 5.92 Å². The molecule has 0 bridgehead atoms. The molecule has 0 radical (unpaired) electrons. The van der Waals surface area contributed by atoms with Crippen LogP contribution in [0.4, 0.5) is 22.0 Å². The second-order valence-corrected chi connectivity index (χ2v) is 6.25. The number of rotatable bonds is 4. The maximum absolute atomic E-state index is 13.6. The number of aromatic nitrogens is 1. The van der Waals surface area contributed by atoms with Crippen LogP contribution in [0.1, 0.15) is 22.6 Å². The van der Waals surface area contributed by atoms with Crippen LogP contribution in [0, 0.1) is 17.8 Å². The Hall–Kier alpha value is -3.04. The summed E-state index contributed by atoms with van der Waals surface area (Å²) in [7, 11) is 0. The minimum absolute atomic E-state index is 0.0702. The molecule has 0 unspecified atom stereocenters. The quantitative estimate of drug-likeness (QED) is 0.472. The van der Waals surface area contributed by atoms with Gasteiger partial charge in [-0.2, -0.15) is 26.9 Å². The van der Waals surface area contributed by atoms with Crippen molar-refractivity contribution in [1.82, 2.24) is 15.6 Å². The molecule has 1 saturated heterocycles. The molecule has 1 aliphatic rings. The van der Waals surface area contributed by atoms with Crippen molar-refractivity contribution in [3.63, 3.8) is 0 Å². The van der Waals surface area contributed by atoms with Crippen LogP contribution in [0.15, 0.2) is 36.4 Å². The molecule has 5 nitrogen and oxygen atoms in total. The zero-order valence-corrected chi connectivity index (χ0v) is 14.2. The lowest BCUT2D eigenvalue weighted by molar-refractivity contribution is -0.138. The first-order valence-corrected chi connectivity index (χ1v) is 8.20. The van der Waals surface area contributed by atoms with E-state index >= 15 is 0 Å². The van der Waals surface area contributed by atoms with Gasteiger partial charge < -0.3 is 10.6 Å². The van der Waals surface area contributed by atoms with Crippen molar-refractivity contribution < 1.29 is 31.5 Å². The summed E-state index contributed by atoms with van der Waals surface area (Å²) in [6.45, 7) is -0.240. The maximum atomic E-state index is 13.6. The lowest BCUT2D eigenvalue weighted by Gasteiger charge is -2.18. The minimum Gasteiger partial charge on any atom is -0.355 e. The largest absolute Gasteiger partial charge is 0.416 e. The summed E-state index contributed by atoms with van der Waals surface area (Å²) in [6.07, 6.45) is -4.49. The molecule has 148 valence electrons. The van der Waals surface area contributed by atoms with Crippen LogP contribution in [0.2, 0.25) is 0 Å². The predicted octanol–water partition coefficient (Wildman–Crippen LogP) is 2.52. The Morgan fingerprint density at radius 2 is 1.82 bits per heavy atom. The summed E-state index contributed by atoms with van der Waals surface area (Å²) < 4.78 is 64.5. The first kappa shape index (κ1) is 19.7. The first-order valence-electron chi connectivity index (χ1n) is 8.20. The van der Waals surface area contributed by atoms with Gasteiger partial charge in [-0.1, -0.05) is 12.1 Å². The smallest absolute Gasteiger partial charge is 0.355 e. The van der Waals surface area contributed by atoms with Crippen LogP contribution in [-0.4, -0.2) is 23.3 Å². The highest BCUT2D eigenvalue weighted by Gasteiger charge is 2.41. The van der Waals surface area contributed by atoms with Crippen LogP contribution < -0.4 is 10.6 Å². The lowest BCUT2D eigenvalue weighted by Crippen LogP contribution is -2.37. The molecule has 10 heteroatoms. The van der Waals surface area contributed by atoms with Crippen LogP contribution in [0.5, 0.6) is 0 Å². The SMILES string of the molecule is O=C(NCc1ccc(F)nc1F)[C@H]1C(=O)NC[C@H]1c1ccc(C(F)(F)F)cc1. The first-order chi connectivity index (χ1) is 13.2. The minimum atomic E-state index is -4.49. The number of halogens is 5. The van der Waals surface area contributed by atoms with Crippen molar-refractivity contribution in [2.75, 3.05) is 6.54 Å². The Morgan fingerprint density at radius 3 is 2.43 bits per heavy atom. The van der Waals surface area contributed by atoms with E-state index < -0.39 is 47.3 Å². The lowest BCUT2D eigenvalue weighted by atomic mass is 9.87. The molecule has 28 heavy (non-hydrogen) atoms.